The molecule has 1 heterocycles. The number of aliphatic hydroxyl groups excluding tert-OH is 1. The van der Waals surface area contributed by atoms with Crippen molar-refractivity contribution in [2.75, 3.05) is 25.1 Å². The van der Waals surface area contributed by atoms with E-state index in [0.29, 0.717) is 6.54 Å². The molecule has 0 saturated heterocycles. The second-order valence-electron chi connectivity index (χ2n) is 5.35. The summed E-state index contributed by atoms with van der Waals surface area (Å²) in [4.78, 5) is 5.37. The molecule has 0 radical (unpaired) electrons. The molecule has 0 fully saturated rings. The van der Waals surface area contributed by atoms with Gasteiger partial charge in [0.1, 0.15) is 0 Å². The van der Waals surface area contributed by atoms with Crippen molar-refractivity contribution in [1.82, 2.24) is 4.98 Å². The first-order valence-corrected chi connectivity index (χ1v) is 7.24. The summed E-state index contributed by atoms with van der Waals surface area (Å²) in [5.41, 5.74) is 4.93. The molecule has 0 spiro atoms. The van der Waals surface area contributed by atoms with Gasteiger partial charge >= 0.3 is 0 Å². The molecular formula is C18H20N2O. The normalized spacial score (nSPS) is 11.0. The fraction of sp³-hybridized carbons (Fsp3) is 0.222. The Hall–Kier alpha value is -2.26. The second kappa shape index (κ2) is 6.02. The highest BCUT2D eigenvalue weighted by Gasteiger charge is 2.05. The van der Waals surface area contributed by atoms with E-state index in [4.69, 9.17) is 5.11 Å². The number of fused-ring (bicyclic) bond motifs is 1. The van der Waals surface area contributed by atoms with Crippen LogP contribution in [0.1, 0.15) is 11.1 Å². The third-order valence-electron chi connectivity index (χ3n) is 3.88. The average Bonchev–Trinajstić information content (AvgIpc) is 2.92. The van der Waals surface area contributed by atoms with E-state index in [1.54, 1.807) is 0 Å². The highest BCUT2D eigenvalue weighted by atomic mass is 16.3. The Labute approximate surface area is 124 Å². The van der Waals surface area contributed by atoms with E-state index in [-0.39, 0.29) is 6.61 Å². The van der Waals surface area contributed by atoms with Gasteiger partial charge in [0.2, 0.25) is 0 Å². The highest BCUT2D eigenvalue weighted by Crippen LogP contribution is 2.22. The number of rotatable bonds is 5. The van der Waals surface area contributed by atoms with Crippen LogP contribution in [0.3, 0.4) is 0 Å². The number of aliphatic hydroxyl groups is 1. The quantitative estimate of drug-likeness (QED) is 0.753. The molecule has 108 valence electrons. The van der Waals surface area contributed by atoms with Gasteiger partial charge in [-0.2, -0.15) is 0 Å². The maximum atomic E-state index is 8.98. The Morgan fingerprint density at radius 1 is 1.05 bits per heavy atom. The number of nitrogens with zero attached hydrogens (tertiary/aromatic N) is 1. The lowest BCUT2D eigenvalue weighted by molar-refractivity contribution is 0.304. The van der Waals surface area contributed by atoms with Crippen molar-refractivity contribution < 1.29 is 5.11 Å². The predicted molar refractivity (Wildman–Crippen MR) is 87.9 cm³/mol. The van der Waals surface area contributed by atoms with Crippen molar-refractivity contribution in [3.8, 4) is 0 Å². The van der Waals surface area contributed by atoms with E-state index in [2.05, 4.69) is 64.6 Å². The van der Waals surface area contributed by atoms with Crippen molar-refractivity contribution in [1.29, 1.82) is 0 Å². The van der Waals surface area contributed by atoms with E-state index >= 15 is 0 Å². The summed E-state index contributed by atoms with van der Waals surface area (Å²) in [6, 6.07) is 16.9. The van der Waals surface area contributed by atoms with Crippen LogP contribution in [0.4, 0.5) is 5.69 Å². The molecule has 0 saturated carbocycles. The lowest BCUT2D eigenvalue weighted by Gasteiger charge is -2.18. The van der Waals surface area contributed by atoms with Gasteiger partial charge in [-0.1, -0.05) is 30.3 Å². The van der Waals surface area contributed by atoms with Gasteiger partial charge in [-0.25, -0.2) is 0 Å². The van der Waals surface area contributed by atoms with Crippen LogP contribution in [0.2, 0.25) is 0 Å². The largest absolute Gasteiger partial charge is 0.395 e. The number of benzene rings is 2. The first-order valence-electron chi connectivity index (χ1n) is 7.24. The molecule has 0 aliphatic carbocycles. The molecule has 0 aliphatic heterocycles. The van der Waals surface area contributed by atoms with Crippen molar-refractivity contribution in [2.24, 2.45) is 0 Å². The second-order valence-corrected chi connectivity index (χ2v) is 5.35. The first kappa shape index (κ1) is 13.7. The number of hydrogen-bond acceptors (Lipinski definition) is 2. The van der Waals surface area contributed by atoms with E-state index in [0.717, 1.165) is 12.1 Å². The third kappa shape index (κ3) is 2.93. The number of hydrogen-bond donors (Lipinski definition) is 2. The summed E-state index contributed by atoms with van der Waals surface area (Å²) >= 11 is 0. The molecule has 21 heavy (non-hydrogen) atoms. The zero-order valence-electron chi connectivity index (χ0n) is 12.2. The Bertz CT molecular complexity index is 715. The minimum atomic E-state index is 0.174. The van der Waals surface area contributed by atoms with Gasteiger partial charge in [0.25, 0.3) is 0 Å². The van der Waals surface area contributed by atoms with Crippen molar-refractivity contribution in [2.45, 2.75) is 6.42 Å². The Morgan fingerprint density at radius 3 is 2.57 bits per heavy atom. The molecule has 3 nitrogen and oxygen atoms in total. The number of H-pyrrole nitrogens is 1. The summed E-state index contributed by atoms with van der Waals surface area (Å²) in [5, 5.41) is 10.3. The molecular weight excluding hydrogens is 260 g/mol. The van der Waals surface area contributed by atoms with Crippen LogP contribution in [0.25, 0.3) is 10.9 Å². The maximum absolute atomic E-state index is 8.98. The smallest absolute Gasteiger partial charge is 0.0606 e. The van der Waals surface area contributed by atoms with Gasteiger partial charge in [-0.15, -0.1) is 0 Å². The number of anilines is 1. The zero-order valence-corrected chi connectivity index (χ0v) is 12.2. The van der Waals surface area contributed by atoms with Crippen LogP contribution >= 0.6 is 0 Å². The summed E-state index contributed by atoms with van der Waals surface area (Å²) < 4.78 is 0. The van der Waals surface area contributed by atoms with Crippen molar-refractivity contribution in [3.05, 3.63) is 65.9 Å². The molecule has 0 atom stereocenters. The molecule has 2 aromatic carbocycles. The van der Waals surface area contributed by atoms with Gasteiger partial charge in [0.05, 0.1) is 6.61 Å². The summed E-state index contributed by atoms with van der Waals surface area (Å²) in [6.07, 6.45) is 3.02. The number of aromatic nitrogens is 1. The number of aromatic amines is 1. The predicted octanol–water partition coefficient (Wildman–Crippen LogP) is 3.19. The average molecular weight is 280 g/mol. The third-order valence-corrected chi connectivity index (χ3v) is 3.88. The van der Waals surface area contributed by atoms with Crippen LogP contribution in [-0.4, -0.2) is 30.3 Å². The van der Waals surface area contributed by atoms with Crippen molar-refractivity contribution in [3.63, 3.8) is 0 Å². The van der Waals surface area contributed by atoms with Crippen LogP contribution < -0.4 is 4.90 Å². The van der Waals surface area contributed by atoms with E-state index in [1.165, 1.54) is 22.0 Å². The van der Waals surface area contributed by atoms with Crippen LogP contribution in [-0.2, 0) is 6.42 Å². The zero-order chi connectivity index (χ0) is 14.7. The molecule has 3 heteroatoms. The fourth-order valence-corrected chi connectivity index (χ4v) is 2.65. The van der Waals surface area contributed by atoms with Crippen molar-refractivity contribution >= 4 is 16.6 Å². The minimum Gasteiger partial charge on any atom is -0.395 e. The van der Waals surface area contributed by atoms with Crippen LogP contribution in [0.5, 0.6) is 0 Å². The monoisotopic (exact) mass is 280 g/mol. The molecule has 0 amide bonds. The fourth-order valence-electron chi connectivity index (χ4n) is 2.65. The SMILES string of the molecule is CN(CCO)c1ccc(Cc2c[nH]c3ccccc23)cc1. The molecule has 0 aliphatic rings. The van der Waals surface area contributed by atoms with Gasteiger partial charge < -0.3 is 15.0 Å². The Balaban J connectivity index is 1.79. The number of likely N-dealkylation sites (N-methyl/N-ethyl adjacent to an activating group) is 1. The molecule has 1 aromatic heterocycles. The molecule has 3 rings (SSSR count). The van der Waals surface area contributed by atoms with E-state index in [1.807, 2.05) is 7.05 Å². The Kier molecular flexibility index (Phi) is 3.93. The van der Waals surface area contributed by atoms with Gasteiger partial charge in [0.15, 0.2) is 0 Å². The number of para-hydroxylation sites is 1. The van der Waals surface area contributed by atoms with E-state index in [9.17, 15) is 0 Å². The highest BCUT2D eigenvalue weighted by molar-refractivity contribution is 5.83. The van der Waals surface area contributed by atoms with Gasteiger partial charge in [0, 0.05) is 36.4 Å². The van der Waals surface area contributed by atoms with E-state index < -0.39 is 0 Å². The lowest BCUT2D eigenvalue weighted by Crippen LogP contribution is -2.20. The van der Waals surface area contributed by atoms with Gasteiger partial charge in [-0.3, -0.25) is 0 Å². The molecule has 0 bridgehead atoms. The molecule has 3 aromatic rings. The minimum absolute atomic E-state index is 0.174. The standard InChI is InChI=1S/C18H20N2O/c1-20(10-11-21)16-8-6-14(7-9-16)12-15-13-19-18-5-3-2-4-17(15)18/h2-9,13,19,21H,10-12H2,1H3. The molecule has 0 unspecified atom stereocenters. The van der Waals surface area contributed by atoms with Gasteiger partial charge in [-0.05, 0) is 35.7 Å². The summed E-state index contributed by atoms with van der Waals surface area (Å²) in [6.45, 7) is 0.829. The summed E-state index contributed by atoms with van der Waals surface area (Å²) in [5.74, 6) is 0. The number of nitrogens with one attached hydrogen (secondary N) is 1. The molecule has 2 N–H and O–H groups in total. The first-order chi connectivity index (χ1) is 10.3. The Morgan fingerprint density at radius 2 is 1.81 bits per heavy atom. The summed E-state index contributed by atoms with van der Waals surface area (Å²) in [7, 11) is 1.99. The lowest BCUT2D eigenvalue weighted by atomic mass is 10.0. The van der Waals surface area contributed by atoms with Crippen LogP contribution in [0.15, 0.2) is 54.7 Å². The maximum Gasteiger partial charge on any atom is 0.0606 e. The van der Waals surface area contributed by atoms with Crippen LogP contribution in [0, 0.1) is 0 Å². The topological polar surface area (TPSA) is 39.3 Å².